The van der Waals surface area contributed by atoms with E-state index in [9.17, 15) is 5.11 Å². The molecule has 1 saturated carbocycles. The van der Waals surface area contributed by atoms with E-state index >= 15 is 0 Å². The van der Waals surface area contributed by atoms with Crippen molar-refractivity contribution in [2.24, 2.45) is 4.99 Å². The fraction of sp³-hybridized carbons (Fsp3) is 0.632. The first-order valence-electron chi connectivity index (χ1n) is 9.15. The van der Waals surface area contributed by atoms with Crippen molar-refractivity contribution in [1.82, 2.24) is 10.6 Å². The van der Waals surface area contributed by atoms with E-state index in [-0.39, 0.29) is 6.10 Å². The van der Waals surface area contributed by atoms with Gasteiger partial charge < -0.3 is 25.2 Å². The van der Waals surface area contributed by atoms with E-state index in [4.69, 9.17) is 9.47 Å². The summed E-state index contributed by atoms with van der Waals surface area (Å²) < 4.78 is 10.5. The smallest absolute Gasteiger partial charge is 0.191 e. The van der Waals surface area contributed by atoms with Gasteiger partial charge in [-0.1, -0.05) is 12.1 Å². The van der Waals surface area contributed by atoms with Gasteiger partial charge in [-0.05, 0) is 50.3 Å². The van der Waals surface area contributed by atoms with E-state index in [1.54, 1.807) is 7.11 Å². The van der Waals surface area contributed by atoms with Gasteiger partial charge in [0, 0.05) is 19.7 Å². The molecule has 6 nitrogen and oxygen atoms in total. The number of guanidine groups is 1. The highest BCUT2D eigenvalue weighted by atomic mass is 16.5. The van der Waals surface area contributed by atoms with Crippen molar-refractivity contribution >= 4 is 5.96 Å². The molecule has 25 heavy (non-hydrogen) atoms. The van der Waals surface area contributed by atoms with Gasteiger partial charge in [0.2, 0.25) is 0 Å². The first-order valence-corrected chi connectivity index (χ1v) is 9.15. The van der Waals surface area contributed by atoms with Crippen LogP contribution in [0.1, 0.15) is 38.2 Å². The Kier molecular flexibility index (Phi) is 8.55. The van der Waals surface area contributed by atoms with Crippen LogP contribution >= 0.6 is 0 Å². The zero-order chi connectivity index (χ0) is 17.9. The molecule has 0 atom stereocenters. The lowest BCUT2D eigenvalue weighted by Crippen LogP contribution is -2.45. The van der Waals surface area contributed by atoms with Crippen LogP contribution in [0.2, 0.25) is 0 Å². The Hall–Kier alpha value is -1.79. The number of benzene rings is 1. The Morgan fingerprint density at radius 2 is 1.88 bits per heavy atom. The maximum Gasteiger partial charge on any atom is 0.191 e. The summed E-state index contributed by atoms with van der Waals surface area (Å²) in [6.45, 7) is 4.64. The molecule has 1 aliphatic rings. The minimum atomic E-state index is -0.137. The van der Waals surface area contributed by atoms with Crippen LogP contribution in [0.25, 0.3) is 0 Å². The van der Waals surface area contributed by atoms with Crippen LogP contribution in [0, 0.1) is 0 Å². The maximum absolute atomic E-state index is 9.62. The molecule has 2 rings (SSSR count). The maximum atomic E-state index is 9.62. The van der Waals surface area contributed by atoms with Gasteiger partial charge in [-0.25, -0.2) is 4.99 Å². The molecule has 140 valence electrons. The monoisotopic (exact) mass is 349 g/mol. The summed E-state index contributed by atoms with van der Waals surface area (Å²) >= 11 is 0. The molecule has 0 saturated heterocycles. The molecular weight excluding hydrogens is 318 g/mol. The zero-order valence-corrected chi connectivity index (χ0v) is 15.3. The number of rotatable bonds is 8. The summed E-state index contributed by atoms with van der Waals surface area (Å²) in [4.78, 5) is 4.67. The molecule has 3 N–H and O–H groups in total. The van der Waals surface area contributed by atoms with Gasteiger partial charge >= 0.3 is 0 Å². The van der Waals surface area contributed by atoms with Crippen molar-refractivity contribution in [2.75, 3.05) is 26.9 Å². The predicted molar refractivity (Wildman–Crippen MR) is 100 cm³/mol. The molecule has 0 heterocycles. The van der Waals surface area contributed by atoms with Crippen LogP contribution < -0.4 is 15.4 Å². The van der Waals surface area contributed by atoms with Crippen LogP contribution in [0.3, 0.4) is 0 Å². The molecule has 0 spiro atoms. The van der Waals surface area contributed by atoms with Crippen molar-refractivity contribution in [1.29, 1.82) is 0 Å². The fourth-order valence-corrected chi connectivity index (χ4v) is 2.84. The molecule has 1 aromatic carbocycles. The average Bonchev–Trinajstić information content (AvgIpc) is 2.63. The van der Waals surface area contributed by atoms with E-state index in [2.05, 4.69) is 22.5 Å². The van der Waals surface area contributed by atoms with Gasteiger partial charge in [-0.3, -0.25) is 0 Å². The lowest BCUT2D eigenvalue weighted by molar-refractivity contribution is 0.120. The van der Waals surface area contributed by atoms with Gasteiger partial charge in [-0.15, -0.1) is 0 Å². The minimum Gasteiger partial charge on any atom is -0.491 e. The molecule has 0 amide bonds. The molecule has 1 fully saturated rings. The summed E-state index contributed by atoms with van der Waals surface area (Å²) in [5.41, 5.74) is 1.13. The van der Waals surface area contributed by atoms with Crippen molar-refractivity contribution in [3.63, 3.8) is 0 Å². The first kappa shape index (κ1) is 19.5. The number of methoxy groups -OCH3 is 1. The van der Waals surface area contributed by atoms with Crippen molar-refractivity contribution in [3.05, 3.63) is 29.8 Å². The number of hydrogen-bond acceptors (Lipinski definition) is 4. The fourth-order valence-electron chi connectivity index (χ4n) is 2.84. The summed E-state index contributed by atoms with van der Waals surface area (Å²) in [6.07, 6.45) is 3.56. The topological polar surface area (TPSA) is 75.1 Å². The highest BCUT2D eigenvalue weighted by molar-refractivity contribution is 5.80. The van der Waals surface area contributed by atoms with E-state index < -0.39 is 0 Å². The van der Waals surface area contributed by atoms with Crippen LogP contribution in [0.5, 0.6) is 5.75 Å². The van der Waals surface area contributed by atoms with Crippen LogP contribution in [-0.4, -0.2) is 50.1 Å². The summed E-state index contributed by atoms with van der Waals surface area (Å²) in [5, 5.41) is 16.4. The average molecular weight is 349 g/mol. The Bertz CT molecular complexity index is 511. The Balaban J connectivity index is 1.85. The van der Waals surface area contributed by atoms with Crippen LogP contribution in [-0.2, 0) is 11.3 Å². The first-order chi connectivity index (χ1) is 12.2. The third kappa shape index (κ3) is 7.32. The van der Waals surface area contributed by atoms with Crippen LogP contribution in [0.15, 0.2) is 29.3 Å². The highest BCUT2D eigenvalue weighted by Gasteiger charge is 2.19. The largest absolute Gasteiger partial charge is 0.491 e. The van der Waals surface area contributed by atoms with Gasteiger partial charge in [0.05, 0.1) is 19.3 Å². The molecule has 1 aromatic rings. The van der Waals surface area contributed by atoms with Gasteiger partial charge in [0.25, 0.3) is 0 Å². The van der Waals surface area contributed by atoms with Gasteiger partial charge in [0.15, 0.2) is 5.96 Å². The molecular formula is C19H31N3O3. The molecule has 1 aliphatic carbocycles. The summed E-state index contributed by atoms with van der Waals surface area (Å²) in [7, 11) is 1.66. The molecule has 0 unspecified atom stereocenters. The second-order valence-electron chi connectivity index (χ2n) is 6.33. The standard InChI is InChI=1S/C19H31N3O3/c1-3-20-19(22-16-6-8-17(23)9-7-16)21-14-15-4-10-18(11-5-15)25-13-12-24-2/h4-5,10-11,16-17,23H,3,6-9,12-14H2,1-2H3,(H2,20,21,22). The Labute approximate surface area is 150 Å². The number of aliphatic hydroxyl groups is 1. The second kappa shape index (κ2) is 10.9. The molecule has 0 aliphatic heterocycles. The predicted octanol–water partition coefficient (Wildman–Crippen LogP) is 2.07. The molecule has 0 aromatic heterocycles. The van der Waals surface area contributed by atoms with E-state index in [1.165, 1.54) is 0 Å². The molecule has 6 heteroatoms. The highest BCUT2D eigenvalue weighted by Crippen LogP contribution is 2.18. The number of aliphatic hydroxyl groups excluding tert-OH is 1. The third-order valence-corrected chi connectivity index (χ3v) is 4.28. The third-order valence-electron chi connectivity index (χ3n) is 4.28. The second-order valence-corrected chi connectivity index (χ2v) is 6.33. The Morgan fingerprint density at radius 1 is 1.16 bits per heavy atom. The van der Waals surface area contributed by atoms with Crippen LogP contribution in [0.4, 0.5) is 0 Å². The quantitative estimate of drug-likeness (QED) is 0.381. The van der Waals surface area contributed by atoms with Gasteiger partial charge in [-0.2, -0.15) is 0 Å². The molecule has 0 bridgehead atoms. The van der Waals surface area contributed by atoms with E-state index in [1.807, 2.05) is 24.3 Å². The zero-order valence-electron chi connectivity index (χ0n) is 15.3. The number of hydrogen-bond donors (Lipinski definition) is 3. The minimum absolute atomic E-state index is 0.137. The normalized spacial score (nSPS) is 21.0. The number of nitrogens with one attached hydrogen (secondary N) is 2. The summed E-state index contributed by atoms with van der Waals surface area (Å²) in [5.74, 6) is 1.68. The van der Waals surface area contributed by atoms with Crippen molar-refractivity contribution in [3.8, 4) is 5.75 Å². The van der Waals surface area contributed by atoms with Crippen molar-refractivity contribution in [2.45, 2.75) is 51.3 Å². The van der Waals surface area contributed by atoms with Crippen molar-refractivity contribution < 1.29 is 14.6 Å². The van der Waals surface area contributed by atoms with E-state index in [0.717, 1.165) is 49.5 Å². The lowest BCUT2D eigenvalue weighted by Gasteiger charge is -2.27. The SMILES string of the molecule is CCNC(=NCc1ccc(OCCOC)cc1)NC1CCC(O)CC1. The number of ether oxygens (including phenoxy) is 2. The lowest BCUT2D eigenvalue weighted by atomic mass is 9.93. The summed E-state index contributed by atoms with van der Waals surface area (Å²) in [6, 6.07) is 8.38. The van der Waals surface area contributed by atoms with Gasteiger partial charge in [0.1, 0.15) is 12.4 Å². The number of aliphatic imine (C=N–C) groups is 1. The van der Waals surface area contributed by atoms with E-state index in [0.29, 0.717) is 25.8 Å². The number of nitrogens with zero attached hydrogens (tertiary/aromatic N) is 1. The molecule has 0 radical (unpaired) electrons. The Morgan fingerprint density at radius 3 is 2.52 bits per heavy atom.